The Morgan fingerprint density at radius 2 is 1.81 bits per heavy atom. The lowest BCUT2D eigenvalue weighted by molar-refractivity contribution is 0.104. The smallest absolute Gasteiger partial charge is 0.195 e. The summed E-state index contributed by atoms with van der Waals surface area (Å²) < 4.78 is 0. The summed E-state index contributed by atoms with van der Waals surface area (Å²) in [5.41, 5.74) is 2.33. The Kier molecular flexibility index (Phi) is 3.40. The van der Waals surface area contributed by atoms with Gasteiger partial charge in [0.05, 0.1) is 0 Å². The van der Waals surface area contributed by atoms with Gasteiger partial charge in [-0.15, -0.1) is 0 Å². The average molecular weight is 276 g/mol. The van der Waals surface area contributed by atoms with Crippen LogP contribution in [0.4, 0.5) is 5.69 Å². The van der Waals surface area contributed by atoms with Gasteiger partial charge in [-0.05, 0) is 17.5 Å². The Morgan fingerprint density at radius 1 is 1.00 bits per heavy atom. The van der Waals surface area contributed by atoms with Crippen molar-refractivity contribution >= 4 is 22.2 Å². The van der Waals surface area contributed by atoms with Crippen molar-refractivity contribution in [3.05, 3.63) is 72.1 Å². The number of hydrogen-bond acceptors (Lipinski definition) is 3. The molecule has 1 aromatic heterocycles. The number of benzene rings is 2. The van der Waals surface area contributed by atoms with E-state index in [0.29, 0.717) is 11.1 Å². The first-order chi connectivity index (χ1) is 10.2. The van der Waals surface area contributed by atoms with Crippen LogP contribution in [0.1, 0.15) is 15.9 Å². The summed E-state index contributed by atoms with van der Waals surface area (Å²) in [7, 11) is 3.92. The zero-order valence-electron chi connectivity index (χ0n) is 12.1. The van der Waals surface area contributed by atoms with Gasteiger partial charge in [-0.1, -0.05) is 36.4 Å². The van der Waals surface area contributed by atoms with Crippen LogP contribution in [0.15, 0.2) is 60.9 Å². The first-order valence-electron chi connectivity index (χ1n) is 6.81. The van der Waals surface area contributed by atoms with E-state index >= 15 is 0 Å². The highest BCUT2D eigenvalue weighted by Crippen LogP contribution is 2.22. The van der Waals surface area contributed by atoms with Crippen LogP contribution in [0.25, 0.3) is 10.8 Å². The second kappa shape index (κ2) is 5.37. The number of pyridine rings is 1. The van der Waals surface area contributed by atoms with Gasteiger partial charge in [0.1, 0.15) is 0 Å². The minimum absolute atomic E-state index is 0.00278. The molecule has 2 aromatic carbocycles. The Hall–Kier alpha value is -2.68. The molecule has 3 aromatic rings. The molecule has 0 atom stereocenters. The topological polar surface area (TPSA) is 33.2 Å². The second-order valence-corrected chi connectivity index (χ2v) is 5.18. The number of carbonyl (C=O) groups is 1. The summed E-state index contributed by atoms with van der Waals surface area (Å²) in [5.74, 6) is 0.00278. The number of aromatic nitrogens is 1. The zero-order valence-corrected chi connectivity index (χ0v) is 12.1. The van der Waals surface area contributed by atoms with Gasteiger partial charge in [0.15, 0.2) is 5.78 Å². The minimum Gasteiger partial charge on any atom is -0.378 e. The molecule has 0 aliphatic heterocycles. The molecule has 0 spiro atoms. The predicted octanol–water partition coefficient (Wildman–Crippen LogP) is 3.53. The Labute approximate surface area is 123 Å². The summed E-state index contributed by atoms with van der Waals surface area (Å²) in [6.07, 6.45) is 3.43. The van der Waals surface area contributed by atoms with Crippen molar-refractivity contribution in [2.24, 2.45) is 0 Å². The lowest BCUT2D eigenvalue weighted by atomic mass is 9.99. The van der Waals surface area contributed by atoms with E-state index in [4.69, 9.17) is 0 Å². The fourth-order valence-corrected chi connectivity index (χ4v) is 2.38. The van der Waals surface area contributed by atoms with Crippen LogP contribution in [0.2, 0.25) is 0 Å². The lowest BCUT2D eigenvalue weighted by Crippen LogP contribution is -2.10. The Bertz CT molecular complexity index is 804. The number of rotatable bonds is 3. The standard InChI is InChI=1S/C18H16N2O/c1-20(2)15-8-5-7-13(10-15)18(21)17-12-19-11-14-6-3-4-9-16(14)17/h3-12H,1-2H3. The fourth-order valence-electron chi connectivity index (χ4n) is 2.38. The van der Waals surface area contributed by atoms with E-state index in [1.54, 1.807) is 12.4 Å². The van der Waals surface area contributed by atoms with E-state index in [9.17, 15) is 4.79 Å². The van der Waals surface area contributed by atoms with Crippen molar-refractivity contribution in [2.75, 3.05) is 19.0 Å². The highest BCUT2D eigenvalue weighted by Gasteiger charge is 2.13. The maximum atomic E-state index is 12.8. The molecule has 3 nitrogen and oxygen atoms in total. The van der Waals surface area contributed by atoms with Crippen molar-refractivity contribution < 1.29 is 4.79 Å². The normalized spacial score (nSPS) is 10.6. The van der Waals surface area contributed by atoms with Crippen LogP contribution in [-0.4, -0.2) is 24.9 Å². The second-order valence-electron chi connectivity index (χ2n) is 5.18. The average Bonchev–Trinajstić information content (AvgIpc) is 2.53. The first kappa shape index (κ1) is 13.3. The van der Waals surface area contributed by atoms with E-state index < -0.39 is 0 Å². The summed E-state index contributed by atoms with van der Waals surface area (Å²) >= 11 is 0. The van der Waals surface area contributed by atoms with E-state index in [1.807, 2.05) is 67.5 Å². The number of fused-ring (bicyclic) bond motifs is 1. The SMILES string of the molecule is CN(C)c1cccc(C(=O)c2cncc3ccccc23)c1. The lowest BCUT2D eigenvalue weighted by Gasteiger charge is -2.13. The number of anilines is 1. The van der Waals surface area contributed by atoms with E-state index in [1.165, 1.54) is 0 Å². The molecule has 1 heterocycles. The van der Waals surface area contributed by atoms with Crippen molar-refractivity contribution in [1.29, 1.82) is 0 Å². The van der Waals surface area contributed by atoms with Gasteiger partial charge in [-0.25, -0.2) is 0 Å². The third-order valence-corrected chi connectivity index (χ3v) is 3.54. The van der Waals surface area contributed by atoms with Crippen molar-refractivity contribution in [1.82, 2.24) is 4.98 Å². The summed E-state index contributed by atoms with van der Waals surface area (Å²) in [6.45, 7) is 0. The minimum atomic E-state index is 0.00278. The van der Waals surface area contributed by atoms with Gasteiger partial charge < -0.3 is 4.90 Å². The predicted molar refractivity (Wildman–Crippen MR) is 85.9 cm³/mol. The molecule has 0 bridgehead atoms. The Morgan fingerprint density at radius 3 is 2.62 bits per heavy atom. The first-order valence-corrected chi connectivity index (χ1v) is 6.81. The van der Waals surface area contributed by atoms with Crippen LogP contribution in [0.5, 0.6) is 0 Å². The van der Waals surface area contributed by atoms with Crippen molar-refractivity contribution in [3.8, 4) is 0 Å². The monoisotopic (exact) mass is 276 g/mol. The molecular formula is C18H16N2O. The summed E-state index contributed by atoms with van der Waals surface area (Å²) in [4.78, 5) is 18.9. The van der Waals surface area contributed by atoms with Crippen molar-refractivity contribution in [2.45, 2.75) is 0 Å². The van der Waals surface area contributed by atoms with Gasteiger partial charge in [0.25, 0.3) is 0 Å². The number of nitrogens with zero attached hydrogens (tertiary/aromatic N) is 2. The van der Waals surface area contributed by atoms with Gasteiger partial charge in [-0.2, -0.15) is 0 Å². The molecule has 0 aliphatic carbocycles. The Balaban J connectivity index is 2.11. The molecule has 0 amide bonds. The largest absolute Gasteiger partial charge is 0.378 e. The molecule has 0 N–H and O–H groups in total. The van der Waals surface area contributed by atoms with E-state index in [0.717, 1.165) is 16.5 Å². The van der Waals surface area contributed by atoms with Crippen LogP contribution in [0, 0.1) is 0 Å². The fraction of sp³-hybridized carbons (Fsp3) is 0.111. The highest BCUT2D eigenvalue weighted by atomic mass is 16.1. The molecule has 0 aliphatic rings. The molecule has 0 saturated carbocycles. The molecule has 3 heteroatoms. The molecule has 0 fully saturated rings. The molecular weight excluding hydrogens is 260 g/mol. The summed E-state index contributed by atoms with van der Waals surface area (Å²) in [5, 5.41) is 1.92. The highest BCUT2D eigenvalue weighted by molar-refractivity contribution is 6.16. The van der Waals surface area contributed by atoms with Crippen molar-refractivity contribution in [3.63, 3.8) is 0 Å². The molecule has 104 valence electrons. The quantitative estimate of drug-likeness (QED) is 0.686. The molecule has 0 saturated heterocycles. The maximum absolute atomic E-state index is 12.8. The number of ketones is 1. The molecule has 0 unspecified atom stereocenters. The van der Waals surface area contributed by atoms with Crippen LogP contribution in [0.3, 0.4) is 0 Å². The summed E-state index contributed by atoms with van der Waals surface area (Å²) in [6, 6.07) is 15.5. The molecule has 0 radical (unpaired) electrons. The third kappa shape index (κ3) is 2.50. The number of hydrogen-bond donors (Lipinski definition) is 0. The van der Waals surface area contributed by atoms with Gasteiger partial charge in [-0.3, -0.25) is 9.78 Å². The van der Waals surface area contributed by atoms with Gasteiger partial charge in [0, 0.05) is 48.7 Å². The third-order valence-electron chi connectivity index (χ3n) is 3.54. The van der Waals surface area contributed by atoms with E-state index in [-0.39, 0.29) is 5.78 Å². The van der Waals surface area contributed by atoms with Crippen LogP contribution in [-0.2, 0) is 0 Å². The van der Waals surface area contributed by atoms with E-state index in [2.05, 4.69) is 4.98 Å². The zero-order chi connectivity index (χ0) is 14.8. The van der Waals surface area contributed by atoms with Crippen LogP contribution >= 0.6 is 0 Å². The molecule has 3 rings (SSSR count). The van der Waals surface area contributed by atoms with Gasteiger partial charge >= 0.3 is 0 Å². The maximum Gasteiger partial charge on any atom is 0.195 e. The van der Waals surface area contributed by atoms with Gasteiger partial charge in [0.2, 0.25) is 0 Å². The molecule has 21 heavy (non-hydrogen) atoms. The number of carbonyl (C=O) groups excluding carboxylic acids is 1. The van der Waals surface area contributed by atoms with Crippen LogP contribution < -0.4 is 4.90 Å².